The minimum Gasteiger partial charge on any atom is -0.384 e. The highest BCUT2D eigenvalue weighted by atomic mass is 32.2. The standard InChI is InChI=1S/C11H17N3O2S/c1-14(17(15)16)11(12)7-8-2-3-10-9(6-8)4-5-13-10/h2-3,6,11,13H,4-5,7,12H2,1H3,(H,15,16). The molecule has 0 saturated carbocycles. The summed E-state index contributed by atoms with van der Waals surface area (Å²) < 4.78 is 21.0. The van der Waals surface area contributed by atoms with Crippen molar-refractivity contribution in [1.82, 2.24) is 4.31 Å². The van der Waals surface area contributed by atoms with Crippen LogP contribution < -0.4 is 11.1 Å². The maximum atomic E-state index is 10.9. The molecule has 0 fully saturated rings. The number of anilines is 1. The van der Waals surface area contributed by atoms with Crippen molar-refractivity contribution in [3.63, 3.8) is 0 Å². The zero-order valence-corrected chi connectivity index (χ0v) is 10.5. The van der Waals surface area contributed by atoms with Crippen LogP contribution in [-0.2, 0) is 24.1 Å². The Bertz CT molecular complexity index is 439. The van der Waals surface area contributed by atoms with Gasteiger partial charge in [0.05, 0.1) is 6.17 Å². The smallest absolute Gasteiger partial charge is 0.235 e. The van der Waals surface area contributed by atoms with Crippen molar-refractivity contribution >= 4 is 17.0 Å². The summed E-state index contributed by atoms with van der Waals surface area (Å²) in [6.07, 6.45) is 1.14. The molecule has 0 spiro atoms. The fraction of sp³-hybridized carbons (Fsp3) is 0.455. The number of nitrogens with one attached hydrogen (secondary N) is 1. The molecule has 2 atom stereocenters. The summed E-state index contributed by atoms with van der Waals surface area (Å²) in [6, 6.07) is 6.16. The van der Waals surface area contributed by atoms with E-state index in [2.05, 4.69) is 11.4 Å². The van der Waals surface area contributed by atoms with Crippen molar-refractivity contribution in [3.8, 4) is 0 Å². The molecule has 0 aliphatic carbocycles. The Kier molecular flexibility index (Phi) is 3.78. The first-order valence-corrected chi connectivity index (χ1v) is 6.59. The van der Waals surface area contributed by atoms with E-state index in [4.69, 9.17) is 10.3 Å². The van der Waals surface area contributed by atoms with Crippen molar-refractivity contribution < 1.29 is 8.76 Å². The van der Waals surface area contributed by atoms with Crippen molar-refractivity contribution in [2.45, 2.75) is 19.0 Å². The third-order valence-electron chi connectivity index (χ3n) is 3.04. The van der Waals surface area contributed by atoms with Crippen LogP contribution in [0.4, 0.5) is 5.69 Å². The first-order valence-electron chi connectivity index (χ1n) is 5.53. The van der Waals surface area contributed by atoms with Gasteiger partial charge in [-0.2, -0.15) is 4.31 Å². The highest BCUT2D eigenvalue weighted by Gasteiger charge is 2.16. The third kappa shape index (κ3) is 2.84. The maximum absolute atomic E-state index is 10.9. The fourth-order valence-electron chi connectivity index (χ4n) is 1.97. The highest BCUT2D eigenvalue weighted by molar-refractivity contribution is 7.76. The minimum absolute atomic E-state index is 0.451. The quantitative estimate of drug-likeness (QED) is 0.542. The summed E-state index contributed by atoms with van der Waals surface area (Å²) in [7, 11) is 1.54. The molecule has 2 unspecified atom stereocenters. The van der Waals surface area contributed by atoms with Gasteiger partial charge in [-0.05, 0) is 23.6 Å². The van der Waals surface area contributed by atoms with Crippen molar-refractivity contribution in [1.29, 1.82) is 0 Å². The van der Waals surface area contributed by atoms with Gasteiger partial charge in [0.2, 0.25) is 11.3 Å². The van der Waals surface area contributed by atoms with E-state index in [1.807, 2.05) is 12.1 Å². The van der Waals surface area contributed by atoms with Gasteiger partial charge in [-0.3, -0.25) is 4.55 Å². The van der Waals surface area contributed by atoms with Gasteiger partial charge >= 0.3 is 0 Å². The molecule has 94 valence electrons. The number of hydrogen-bond acceptors (Lipinski definition) is 3. The van der Waals surface area contributed by atoms with E-state index < -0.39 is 17.4 Å². The second kappa shape index (κ2) is 5.14. The average molecular weight is 255 g/mol. The molecule has 0 saturated heterocycles. The molecule has 17 heavy (non-hydrogen) atoms. The third-order valence-corrected chi connectivity index (χ3v) is 3.80. The van der Waals surface area contributed by atoms with Gasteiger partial charge in [-0.25, -0.2) is 4.21 Å². The van der Waals surface area contributed by atoms with Gasteiger partial charge in [-0.1, -0.05) is 12.1 Å². The highest BCUT2D eigenvalue weighted by Crippen LogP contribution is 2.23. The van der Waals surface area contributed by atoms with E-state index in [1.165, 1.54) is 22.6 Å². The molecule has 0 amide bonds. The molecule has 1 heterocycles. The molecule has 0 aromatic heterocycles. The predicted octanol–water partition coefficient (Wildman–Crippen LogP) is 0.550. The molecule has 1 aromatic carbocycles. The molecular weight excluding hydrogens is 238 g/mol. The molecule has 2 rings (SSSR count). The number of nitrogens with two attached hydrogens (primary N) is 1. The predicted molar refractivity (Wildman–Crippen MR) is 68.8 cm³/mol. The average Bonchev–Trinajstić information content (AvgIpc) is 2.74. The molecule has 0 radical (unpaired) electrons. The van der Waals surface area contributed by atoms with E-state index in [0.29, 0.717) is 6.42 Å². The number of nitrogens with zero attached hydrogens (tertiary/aromatic N) is 1. The fourth-order valence-corrected chi connectivity index (χ4v) is 2.28. The summed E-state index contributed by atoms with van der Waals surface area (Å²) >= 11 is -2.02. The molecule has 1 aliphatic heterocycles. The van der Waals surface area contributed by atoms with Gasteiger partial charge in [0.1, 0.15) is 0 Å². The van der Waals surface area contributed by atoms with Crippen LogP contribution in [0.1, 0.15) is 11.1 Å². The summed E-state index contributed by atoms with van der Waals surface area (Å²) in [6.45, 7) is 0.978. The first-order chi connectivity index (χ1) is 8.08. The number of hydrogen-bond donors (Lipinski definition) is 3. The number of benzene rings is 1. The summed E-state index contributed by atoms with van der Waals surface area (Å²) in [5.41, 5.74) is 9.42. The summed E-state index contributed by atoms with van der Waals surface area (Å²) in [5, 5.41) is 3.29. The van der Waals surface area contributed by atoms with Crippen LogP contribution in [0.2, 0.25) is 0 Å². The van der Waals surface area contributed by atoms with Gasteiger partial charge in [0.15, 0.2) is 0 Å². The van der Waals surface area contributed by atoms with Crippen molar-refractivity contribution in [3.05, 3.63) is 29.3 Å². The molecule has 1 aliphatic rings. The molecule has 0 bridgehead atoms. The van der Waals surface area contributed by atoms with Gasteiger partial charge in [0, 0.05) is 25.7 Å². The Balaban J connectivity index is 2.06. The van der Waals surface area contributed by atoms with Gasteiger partial charge in [0.25, 0.3) is 0 Å². The lowest BCUT2D eigenvalue weighted by Crippen LogP contribution is -2.41. The van der Waals surface area contributed by atoms with Crippen LogP contribution in [0.25, 0.3) is 0 Å². The van der Waals surface area contributed by atoms with Gasteiger partial charge < -0.3 is 11.1 Å². The minimum atomic E-state index is -2.02. The summed E-state index contributed by atoms with van der Waals surface area (Å²) in [5.74, 6) is 0. The lowest BCUT2D eigenvalue weighted by molar-refractivity contribution is 0.362. The maximum Gasteiger partial charge on any atom is 0.235 e. The number of fused-ring (bicyclic) bond motifs is 1. The largest absolute Gasteiger partial charge is 0.384 e. The van der Waals surface area contributed by atoms with Crippen molar-refractivity contribution in [2.75, 3.05) is 18.9 Å². The molecular formula is C11H17N3O2S. The number of likely N-dealkylation sites (N-methyl/N-ethyl adjacent to an activating group) is 1. The lowest BCUT2D eigenvalue weighted by atomic mass is 10.1. The van der Waals surface area contributed by atoms with Crippen LogP contribution in [0.3, 0.4) is 0 Å². The number of rotatable bonds is 4. The van der Waals surface area contributed by atoms with Crippen LogP contribution >= 0.6 is 0 Å². The molecule has 4 N–H and O–H groups in total. The molecule has 5 nitrogen and oxygen atoms in total. The topological polar surface area (TPSA) is 78.6 Å². The second-order valence-corrected chi connectivity index (χ2v) is 5.25. The first kappa shape index (κ1) is 12.5. The van der Waals surface area contributed by atoms with Gasteiger partial charge in [-0.15, -0.1) is 0 Å². The SMILES string of the molecule is CN(C(N)Cc1ccc2c(c1)CCN2)S(=O)O. The van der Waals surface area contributed by atoms with E-state index in [0.717, 1.165) is 18.5 Å². The Morgan fingerprint density at radius 2 is 2.41 bits per heavy atom. The monoisotopic (exact) mass is 255 g/mol. The lowest BCUT2D eigenvalue weighted by Gasteiger charge is -2.20. The van der Waals surface area contributed by atoms with E-state index in [1.54, 1.807) is 0 Å². The second-order valence-electron chi connectivity index (χ2n) is 4.22. The normalized spacial score (nSPS) is 17.6. The van der Waals surface area contributed by atoms with Crippen LogP contribution in [-0.4, -0.2) is 32.8 Å². The Labute approximate surface area is 103 Å². The zero-order chi connectivity index (χ0) is 12.4. The van der Waals surface area contributed by atoms with Crippen LogP contribution in [0, 0.1) is 0 Å². The zero-order valence-electron chi connectivity index (χ0n) is 9.72. The Hall–Kier alpha value is -0.950. The Morgan fingerprint density at radius 3 is 3.12 bits per heavy atom. The van der Waals surface area contributed by atoms with E-state index in [9.17, 15) is 4.21 Å². The molecule has 6 heteroatoms. The van der Waals surface area contributed by atoms with E-state index >= 15 is 0 Å². The van der Waals surface area contributed by atoms with Crippen molar-refractivity contribution in [2.24, 2.45) is 5.73 Å². The van der Waals surface area contributed by atoms with Crippen LogP contribution in [0.15, 0.2) is 18.2 Å². The van der Waals surface area contributed by atoms with Crippen LogP contribution in [0.5, 0.6) is 0 Å². The van der Waals surface area contributed by atoms with E-state index in [-0.39, 0.29) is 0 Å². The molecule has 1 aromatic rings. The summed E-state index contributed by atoms with van der Waals surface area (Å²) in [4.78, 5) is 0. The Morgan fingerprint density at radius 1 is 1.65 bits per heavy atom.